The lowest BCUT2D eigenvalue weighted by Crippen LogP contribution is -2.59. The molecule has 1 saturated carbocycles. The average Bonchev–Trinajstić information content (AvgIpc) is 3.69. The van der Waals surface area contributed by atoms with Crippen molar-refractivity contribution in [2.45, 2.75) is 83.4 Å². The van der Waals surface area contributed by atoms with Gasteiger partial charge in [0, 0.05) is 37.8 Å². The van der Waals surface area contributed by atoms with Crippen LogP contribution in [0.2, 0.25) is 5.02 Å². The van der Waals surface area contributed by atoms with Crippen molar-refractivity contribution in [1.82, 2.24) is 34.0 Å². The minimum absolute atomic E-state index is 0.0271. The fourth-order valence-electron chi connectivity index (χ4n) is 7.41. The smallest absolute Gasteiger partial charge is 0.376 e. The second-order valence-corrected chi connectivity index (χ2v) is 13.1. The van der Waals surface area contributed by atoms with Crippen molar-refractivity contribution in [2.24, 2.45) is 11.8 Å². The number of aryl methyl sites for hydroxylation is 1. The molecule has 5 heterocycles. The van der Waals surface area contributed by atoms with Gasteiger partial charge in [0.25, 0.3) is 5.78 Å². The highest BCUT2D eigenvalue weighted by Crippen LogP contribution is 2.52. The minimum Gasteiger partial charge on any atom is -0.376 e. The Hall–Kier alpha value is -3.03. The topological polar surface area (TPSA) is 76.6 Å². The Kier molecular flexibility index (Phi) is 7.48. The molecule has 1 aromatic carbocycles. The van der Waals surface area contributed by atoms with Crippen LogP contribution in [0.25, 0.3) is 16.9 Å². The van der Waals surface area contributed by atoms with Crippen LogP contribution in [0.4, 0.5) is 23.4 Å². The van der Waals surface area contributed by atoms with Gasteiger partial charge in [-0.25, -0.2) is 13.8 Å². The Morgan fingerprint density at radius 3 is 2.61 bits per heavy atom. The number of halogens is 5. The molecular weight excluding hydrogens is 600 g/mol. The number of aromatic nitrogens is 6. The number of nitrogens with zero attached hydrogens (tertiary/aromatic N) is 8. The van der Waals surface area contributed by atoms with Crippen LogP contribution in [-0.4, -0.2) is 78.1 Å². The molecule has 14 heteroatoms. The Balaban J connectivity index is 1.22. The molecular formula is C30H35ClF4N8O. The molecule has 0 bridgehead atoms. The molecule has 3 fully saturated rings. The fourth-order valence-corrected chi connectivity index (χ4v) is 7.60. The number of fused-ring (bicyclic) bond motifs is 3. The van der Waals surface area contributed by atoms with Gasteiger partial charge in [0.15, 0.2) is 11.5 Å². The number of hydrogen-bond acceptors (Lipinski definition) is 7. The van der Waals surface area contributed by atoms with Crippen molar-refractivity contribution >= 4 is 34.4 Å². The number of piperazine rings is 1. The standard InChI is InChI=1S/C30H35ClF4N8O/c1-16-13-41(27-25-28(43-15-36-39-29(43)38-27)42(18(3)37-25)14-22-5-4-8-44-22)17(2)12-40(16)26(19-6-7-24(32)23(31)11-19)20-9-21(10-20)30(33,34)35/h6-7,11,15-17,20-22,26H,4-5,8-10,12-14H2,1-3H3/t16-,17+,20-,21-,22+,26?/m1/s1. The number of benzene rings is 1. The van der Waals surface area contributed by atoms with Gasteiger partial charge >= 0.3 is 6.18 Å². The third kappa shape index (κ3) is 5.10. The van der Waals surface area contributed by atoms with Gasteiger partial charge in [-0.15, -0.1) is 10.2 Å². The van der Waals surface area contributed by atoms with E-state index in [9.17, 15) is 17.6 Å². The molecule has 4 aromatic rings. The summed E-state index contributed by atoms with van der Waals surface area (Å²) in [4.78, 5) is 14.4. The second-order valence-electron chi connectivity index (χ2n) is 12.6. The summed E-state index contributed by atoms with van der Waals surface area (Å²) in [5.41, 5.74) is 2.34. The number of anilines is 1. The van der Waals surface area contributed by atoms with E-state index >= 15 is 0 Å². The minimum atomic E-state index is -4.22. The fraction of sp³-hybridized carbons (Fsp3) is 0.600. The second kappa shape index (κ2) is 11.1. The number of imidazole rings is 1. The summed E-state index contributed by atoms with van der Waals surface area (Å²) >= 11 is 6.17. The van der Waals surface area contributed by atoms with Gasteiger partial charge in [-0.3, -0.25) is 4.90 Å². The molecule has 7 rings (SSSR count). The maximum Gasteiger partial charge on any atom is 0.391 e. The quantitative estimate of drug-likeness (QED) is 0.242. The van der Waals surface area contributed by atoms with E-state index in [0.717, 1.165) is 42.0 Å². The van der Waals surface area contributed by atoms with Gasteiger partial charge < -0.3 is 14.2 Å². The Bertz CT molecular complexity index is 1680. The van der Waals surface area contributed by atoms with Crippen molar-refractivity contribution in [3.05, 3.63) is 46.8 Å². The summed E-state index contributed by atoms with van der Waals surface area (Å²) in [5, 5.41) is 8.38. The van der Waals surface area contributed by atoms with E-state index in [1.54, 1.807) is 18.5 Å². The molecule has 3 aromatic heterocycles. The summed E-state index contributed by atoms with van der Waals surface area (Å²) in [5.74, 6) is -0.0736. The normalized spacial score (nSPS) is 27.4. The number of hydrogen-bond donors (Lipinski definition) is 0. The summed E-state index contributed by atoms with van der Waals surface area (Å²) < 4.78 is 64.6. The number of alkyl halides is 3. The highest BCUT2D eigenvalue weighted by molar-refractivity contribution is 6.30. The van der Waals surface area contributed by atoms with Crippen LogP contribution in [0, 0.1) is 24.6 Å². The Morgan fingerprint density at radius 2 is 1.91 bits per heavy atom. The molecule has 1 aliphatic carbocycles. The third-order valence-electron chi connectivity index (χ3n) is 9.75. The van der Waals surface area contributed by atoms with Gasteiger partial charge in [-0.2, -0.15) is 18.2 Å². The first kappa shape index (κ1) is 29.7. The number of rotatable bonds is 6. The molecule has 2 saturated heterocycles. The molecule has 44 heavy (non-hydrogen) atoms. The monoisotopic (exact) mass is 634 g/mol. The lowest BCUT2D eigenvalue weighted by molar-refractivity contribution is -0.211. The lowest BCUT2D eigenvalue weighted by Gasteiger charge is -2.52. The van der Waals surface area contributed by atoms with Crippen molar-refractivity contribution < 1.29 is 22.3 Å². The van der Waals surface area contributed by atoms with E-state index in [2.05, 4.69) is 38.4 Å². The van der Waals surface area contributed by atoms with Gasteiger partial charge in [0.05, 0.1) is 23.6 Å². The molecule has 0 radical (unpaired) electrons. The molecule has 9 nitrogen and oxygen atoms in total. The summed E-state index contributed by atoms with van der Waals surface area (Å²) in [7, 11) is 0. The maximum absolute atomic E-state index is 14.1. The van der Waals surface area contributed by atoms with Crippen molar-refractivity contribution in [1.29, 1.82) is 0 Å². The van der Waals surface area contributed by atoms with Crippen LogP contribution in [0.15, 0.2) is 24.5 Å². The van der Waals surface area contributed by atoms with E-state index in [-0.39, 0.29) is 48.0 Å². The zero-order valence-electron chi connectivity index (χ0n) is 24.8. The van der Waals surface area contributed by atoms with E-state index in [1.807, 2.05) is 11.3 Å². The van der Waals surface area contributed by atoms with Crippen molar-refractivity contribution in [3.8, 4) is 0 Å². The van der Waals surface area contributed by atoms with Crippen molar-refractivity contribution in [3.63, 3.8) is 0 Å². The first-order valence-corrected chi connectivity index (χ1v) is 15.6. The molecule has 4 atom stereocenters. The van der Waals surface area contributed by atoms with Crippen LogP contribution in [0.3, 0.4) is 0 Å². The summed E-state index contributed by atoms with van der Waals surface area (Å²) in [6.45, 7) is 8.69. The van der Waals surface area contributed by atoms with Gasteiger partial charge in [-0.1, -0.05) is 17.7 Å². The summed E-state index contributed by atoms with van der Waals surface area (Å²) in [6, 6.07) is 4.08. The Morgan fingerprint density at radius 1 is 1.11 bits per heavy atom. The van der Waals surface area contributed by atoms with E-state index < -0.39 is 17.9 Å². The Labute approximate surface area is 257 Å². The summed E-state index contributed by atoms with van der Waals surface area (Å²) in [6.07, 6.45) is -0.358. The molecule has 1 unspecified atom stereocenters. The lowest BCUT2D eigenvalue weighted by atomic mass is 9.68. The highest BCUT2D eigenvalue weighted by Gasteiger charge is 2.52. The molecule has 236 valence electrons. The predicted octanol–water partition coefficient (Wildman–Crippen LogP) is 5.98. The van der Waals surface area contributed by atoms with Gasteiger partial charge in [-0.05, 0) is 70.1 Å². The zero-order valence-corrected chi connectivity index (χ0v) is 25.6. The van der Waals surface area contributed by atoms with Crippen LogP contribution in [0.1, 0.15) is 57.0 Å². The number of ether oxygens (including phenoxy) is 1. The molecule has 3 aliphatic rings. The van der Waals surface area contributed by atoms with E-state index in [0.29, 0.717) is 31.2 Å². The molecule has 0 spiro atoms. The zero-order chi connectivity index (χ0) is 30.9. The van der Waals surface area contributed by atoms with Crippen LogP contribution in [-0.2, 0) is 11.3 Å². The molecule has 0 amide bonds. The largest absolute Gasteiger partial charge is 0.391 e. The predicted molar refractivity (Wildman–Crippen MR) is 157 cm³/mol. The average molecular weight is 635 g/mol. The molecule has 2 aliphatic heterocycles. The van der Waals surface area contributed by atoms with Gasteiger partial charge in [0.1, 0.15) is 23.5 Å². The van der Waals surface area contributed by atoms with E-state index in [1.165, 1.54) is 6.07 Å². The van der Waals surface area contributed by atoms with Crippen LogP contribution < -0.4 is 4.90 Å². The van der Waals surface area contributed by atoms with Crippen molar-refractivity contribution in [2.75, 3.05) is 24.6 Å². The first-order valence-electron chi connectivity index (χ1n) is 15.2. The van der Waals surface area contributed by atoms with Crippen LogP contribution in [0.5, 0.6) is 0 Å². The van der Waals surface area contributed by atoms with Gasteiger partial charge in [0.2, 0.25) is 0 Å². The molecule has 0 N–H and O–H groups in total. The maximum atomic E-state index is 14.1. The SMILES string of the molecule is Cc1nc2c(N3C[C@@H](C)N(C(c4ccc(F)c(Cl)c4)[C@H]4C[C@H](C(F)(F)F)C4)C[C@@H]3C)nc3nncn3c2n1C[C@@H]1CCCO1. The third-order valence-corrected chi connectivity index (χ3v) is 10.0. The van der Waals surface area contributed by atoms with Crippen LogP contribution >= 0.6 is 11.6 Å². The first-order chi connectivity index (χ1) is 21.0. The highest BCUT2D eigenvalue weighted by atomic mass is 35.5. The van der Waals surface area contributed by atoms with E-state index in [4.69, 9.17) is 26.3 Å².